The van der Waals surface area contributed by atoms with Crippen molar-refractivity contribution >= 4 is 5.82 Å². The lowest BCUT2D eigenvalue weighted by Crippen LogP contribution is -2.40. The van der Waals surface area contributed by atoms with Gasteiger partial charge in [0.15, 0.2) is 0 Å². The minimum absolute atomic E-state index is 0.221. The second-order valence-corrected chi connectivity index (χ2v) is 6.70. The van der Waals surface area contributed by atoms with Gasteiger partial charge in [0.05, 0.1) is 18.4 Å². The molecule has 0 N–H and O–H groups in total. The average molecular weight is 326 g/mol. The van der Waals surface area contributed by atoms with E-state index in [4.69, 9.17) is 4.74 Å². The zero-order chi connectivity index (χ0) is 16.9. The zero-order valence-electron chi connectivity index (χ0n) is 14.8. The molecule has 0 spiro atoms. The topological polar surface area (TPSA) is 51.1 Å². The van der Waals surface area contributed by atoms with Crippen LogP contribution in [0.1, 0.15) is 49.8 Å². The first kappa shape index (κ1) is 16.8. The maximum atomic E-state index is 6.08. The van der Waals surface area contributed by atoms with E-state index in [-0.39, 0.29) is 6.10 Å². The SMILES string of the molecule is Cc1nc(C(C)C)cc(N2CCCC(OCc3ccccn3)C2)n1. The van der Waals surface area contributed by atoms with Crippen molar-refractivity contribution in [2.24, 2.45) is 0 Å². The lowest BCUT2D eigenvalue weighted by molar-refractivity contribution is 0.0297. The van der Waals surface area contributed by atoms with Gasteiger partial charge in [0, 0.05) is 31.0 Å². The van der Waals surface area contributed by atoms with Crippen LogP contribution in [0, 0.1) is 6.92 Å². The molecule has 0 aliphatic carbocycles. The molecule has 2 aromatic rings. The quantitative estimate of drug-likeness (QED) is 0.842. The zero-order valence-corrected chi connectivity index (χ0v) is 14.8. The number of rotatable bonds is 5. The predicted molar refractivity (Wildman–Crippen MR) is 95.1 cm³/mol. The Morgan fingerprint density at radius 1 is 1.29 bits per heavy atom. The molecule has 1 saturated heterocycles. The summed E-state index contributed by atoms with van der Waals surface area (Å²) < 4.78 is 6.08. The molecule has 128 valence electrons. The highest BCUT2D eigenvalue weighted by atomic mass is 16.5. The number of piperidine rings is 1. The van der Waals surface area contributed by atoms with Gasteiger partial charge in [-0.05, 0) is 37.8 Å². The van der Waals surface area contributed by atoms with Crippen molar-refractivity contribution in [3.8, 4) is 0 Å². The van der Waals surface area contributed by atoms with Gasteiger partial charge in [-0.15, -0.1) is 0 Å². The van der Waals surface area contributed by atoms with E-state index in [1.165, 1.54) is 0 Å². The molecule has 1 aliphatic rings. The van der Waals surface area contributed by atoms with Crippen LogP contribution in [0.4, 0.5) is 5.82 Å². The molecule has 0 radical (unpaired) electrons. The highest BCUT2D eigenvalue weighted by molar-refractivity contribution is 5.41. The maximum Gasteiger partial charge on any atom is 0.132 e. The molecule has 0 aromatic carbocycles. The smallest absolute Gasteiger partial charge is 0.132 e. The number of nitrogens with zero attached hydrogens (tertiary/aromatic N) is 4. The van der Waals surface area contributed by atoms with Gasteiger partial charge in [-0.25, -0.2) is 9.97 Å². The Balaban J connectivity index is 1.65. The number of hydrogen-bond acceptors (Lipinski definition) is 5. The summed E-state index contributed by atoms with van der Waals surface area (Å²) >= 11 is 0. The second kappa shape index (κ2) is 7.71. The summed E-state index contributed by atoms with van der Waals surface area (Å²) in [6.45, 7) is 8.77. The van der Waals surface area contributed by atoms with Crippen LogP contribution in [0.3, 0.4) is 0 Å². The molecule has 5 nitrogen and oxygen atoms in total. The van der Waals surface area contributed by atoms with E-state index in [1.807, 2.05) is 31.3 Å². The lowest BCUT2D eigenvalue weighted by atomic mass is 10.1. The summed E-state index contributed by atoms with van der Waals surface area (Å²) in [6, 6.07) is 8.05. The van der Waals surface area contributed by atoms with Gasteiger partial charge >= 0.3 is 0 Å². The van der Waals surface area contributed by atoms with Gasteiger partial charge in [0.1, 0.15) is 11.6 Å². The molecule has 2 aromatic heterocycles. The summed E-state index contributed by atoms with van der Waals surface area (Å²) in [6.07, 6.45) is 4.24. The lowest BCUT2D eigenvalue weighted by Gasteiger charge is -2.33. The maximum absolute atomic E-state index is 6.08. The Morgan fingerprint density at radius 3 is 2.92 bits per heavy atom. The first-order valence-electron chi connectivity index (χ1n) is 8.74. The van der Waals surface area contributed by atoms with Crippen molar-refractivity contribution in [1.82, 2.24) is 15.0 Å². The molecular weight excluding hydrogens is 300 g/mol. The Bertz CT molecular complexity index is 660. The van der Waals surface area contributed by atoms with Crippen molar-refractivity contribution in [3.05, 3.63) is 47.7 Å². The minimum atomic E-state index is 0.221. The number of aromatic nitrogens is 3. The molecule has 0 saturated carbocycles. The van der Waals surface area contributed by atoms with Crippen molar-refractivity contribution in [3.63, 3.8) is 0 Å². The number of aryl methyl sites for hydroxylation is 1. The van der Waals surface area contributed by atoms with Crippen LogP contribution >= 0.6 is 0 Å². The molecule has 0 bridgehead atoms. The number of ether oxygens (including phenoxy) is 1. The Kier molecular flexibility index (Phi) is 5.41. The van der Waals surface area contributed by atoms with Crippen molar-refractivity contribution in [1.29, 1.82) is 0 Å². The normalized spacial score (nSPS) is 18.2. The molecule has 1 aliphatic heterocycles. The Labute approximate surface area is 144 Å². The standard InChI is InChI=1S/C19H26N4O/c1-14(2)18-11-19(22-15(3)21-18)23-10-6-8-17(12-23)24-13-16-7-4-5-9-20-16/h4-5,7,9,11,14,17H,6,8,10,12-13H2,1-3H3. The molecule has 1 unspecified atom stereocenters. The molecule has 3 heterocycles. The Morgan fingerprint density at radius 2 is 2.17 bits per heavy atom. The summed E-state index contributed by atoms with van der Waals surface area (Å²) in [5.41, 5.74) is 2.09. The highest BCUT2D eigenvalue weighted by Gasteiger charge is 2.22. The van der Waals surface area contributed by atoms with Crippen molar-refractivity contribution in [2.45, 2.75) is 52.2 Å². The third kappa shape index (κ3) is 4.29. The third-order valence-corrected chi connectivity index (χ3v) is 4.33. The molecule has 24 heavy (non-hydrogen) atoms. The fourth-order valence-electron chi connectivity index (χ4n) is 3.00. The van der Waals surface area contributed by atoms with Gasteiger partial charge in [-0.3, -0.25) is 4.98 Å². The van der Waals surface area contributed by atoms with E-state index >= 15 is 0 Å². The molecule has 0 amide bonds. The third-order valence-electron chi connectivity index (χ3n) is 4.33. The van der Waals surface area contributed by atoms with Gasteiger partial charge < -0.3 is 9.64 Å². The van der Waals surface area contributed by atoms with Gasteiger partial charge in [-0.1, -0.05) is 19.9 Å². The Hall–Kier alpha value is -2.01. The van der Waals surface area contributed by atoms with Gasteiger partial charge in [0.2, 0.25) is 0 Å². The van der Waals surface area contributed by atoms with Crippen LogP contribution in [-0.2, 0) is 11.3 Å². The monoisotopic (exact) mass is 326 g/mol. The summed E-state index contributed by atoms with van der Waals surface area (Å²) in [7, 11) is 0. The molecule has 5 heteroatoms. The molecule has 1 atom stereocenters. The molecule has 1 fully saturated rings. The van der Waals surface area contributed by atoms with E-state index in [2.05, 4.69) is 39.8 Å². The van der Waals surface area contributed by atoms with Crippen molar-refractivity contribution in [2.75, 3.05) is 18.0 Å². The van der Waals surface area contributed by atoms with Crippen molar-refractivity contribution < 1.29 is 4.74 Å². The number of anilines is 1. The van der Waals surface area contributed by atoms with Gasteiger partial charge in [-0.2, -0.15) is 0 Å². The van der Waals surface area contributed by atoms with Gasteiger partial charge in [0.25, 0.3) is 0 Å². The summed E-state index contributed by atoms with van der Waals surface area (Å²) in [5.74, 6) is 2.27. The van der Waals surface area contributed by atoms with E-state index in [0.717, 1.165) is 49.0 Å². The highest BCUT2D eigenvalue weighted by Crippen LogP contribution is 2.23. The summed E-state index contributed by atoms with van der Waals surface area (Å²) in [5, 5.41) is 0. The molecule has 3 rings (SSSR count). The summed E-state index contributed by atoms with van der Waals surface area (Å²) in [4.78, 5) is 15.8. The number of pyridine rings is 1. The average Bonchev–Trinajstić information content (AvgIpc) is 2.60. The van der Waals surface area contributed by atoms with E-state index in [1.54, 1.807) is 0 Å². The van der Waals surface area contributed by atoms with Crippen LogP contribution in [0.25, 0.3) is 0 Å². The van der Waals surface area contributed by atoms with E-state index < -0.39 is 0 Å². The fourth-order valence-corrected chi connectivity index (χ4v) is 3.00. The van der Waals surface area contributed by atoms with Crippen LogP contribution in [-0.4, -0.2) is 34.1 Å². The van der Waals surface area contributed by atoms with Crippen LogP contribution in [0.15, 0.2) is 30.5 Å². The first-order chi connectivity index (χ1) is 11.6. The van der Waals surface area contributed by atoms with Crippen LogP contribution < -0.4 is 4.90 Å². The predicted octanol–water partition coefficient (Wildman–Crippen LogP) is 3.49. The molecular formula is C19H26N4O. The van der Waals surface area contributed by atoms with E-state index in [9.17, 15) is 0 Å². The minimum Gasteiger partial charge on any atom is -0.370 e. The fraction of sp³-hybridized carbons (Fsp3) is 0.526. The largest absolute Gasteiger partial charge is 0.370 e. The van der Waals surface area contributed by atoms with Crippen LogP contribution in [0.5, 0.6) is 0 Å². The number of hydrogen-bond donors (Lipinski definition) is 0. The van der Waals surface area contributed by atoms with E-state index in [0.29, 0.717) is 12.5 Å². The van der Waals surface area contributed by atoms with Crippen LogP contribution in [0.2, 0.25) is 0 Å². The first-order valence-corrected chi connectivity index (χ1v) is 8.74. The second-order valence-electron chi connectivity index (χ2n) is 6.70.